The van der Waals surface area contributed by atoms with Gasteiger partial charge in [-0.15, -0.1) is 0 Å². The minimum atomic E-state index is -5.08. The molecule has 0 bridgehead atoms. The first-order chi connectivity index (χ1) is 22.3. The van der Waals surface area contributed by atoms with Crippen LogP contribution in [0, 0.1) is 18.6 Å². The second-order valence-corrected chi connectivity index (χ2v) is 12.9. The zero-order chi connectivity index (χ0) is 33.4. The van der Waals surface area contributed by atoms with E-state index in [-0.39, 0.29) is 53.7 Å². The molecule has 9 nitrogen and oxygen atoms in total. The molecule has 0 saturated carbocycles. The normalized spacial score (nSPS) is 26.0. The van der Waals surface area contributed by atoms with Gasteiger partial charge in [0.05, 0.1) is 22.8 Å². The SMILES string of the molecule is Cc1c(F)c(N)cc(-c2nc3c4c(nc(OC[C@@]56CCCN5[C@H](CC(F)F)CC6)nc4c2F)N2CCNC[C@H]2[C@H](C)O3)c1C(F)(F)F. The molecule has 6 heterocycles. The lowest BCUT2D eigenvalue weighted by Crippen LogP contribution is -2.56. The molecule has 0 amide bonds. The number of nitrogen functional groups attached to an aromatic ring is 1. The Hall–Kier alpha value is -3.66. The summed E-state index contributed by atoms with van der Waals surface area (Å²) < 4.78 is 113. The molecule has 47 heavy (non-hydrogen) atoms. The van der Waals surface area contributed by atoms with Gasteiger partial charge >= 0.3 is 12.2 Å². The molecule has 7 rings (SSSR count). The number of nitrogens with one attached hydrogen (secondary N) is 1. The molecule has 1 aromatic carbocycles. The topological polar surface area (TPSA) is 102 Å². The quantitative estimate of drug-likeness (QED) is 0.262. The van der Waals surface area contributed by atoms with E-state index in [9.17, 15) is 26.3 Å². The van der Waals surface area contributed by atoms with Crippen molar-refractivity contribution in [2.75, 3.05) is 43.4 Å². The van der Waals surface area contributed by atoms with Crippen molar-refractivity contribution >= 4 is 22.4 Å². The van der Waals surface area contributed by atoms with E-state index in [1.807, 2.05) is 4.90 Å². The number of benzene rings is 1. The van der Waals surface area contributed by atoms with Crippen LogP contribution in [0.1, 0.15) is 50.2 Å². The summed E-state index contributed by atoms with van der Waals surface area (Å²) in [6, 6.07) is -0.0952. The van der Waals surface area contributed by atoms with Crippen LogP contribution in [0.5, 0.6) is 11.9 Å². The van der Waals surface area contributed by atoms with E-state index in [1.54, 1.807) is 6.92 Å². The largest absolute Gasteiger partial charge is 0.472 e. The smallest absolute Gasteiger partial charge is 0.417 e. The highest BCUT2D eigenvalue weighted by Gasteiger charge is 2.50. The number of ether oxygens (including phenoxy) is 2. The fraction of sp³-hybridized carbons (Fsp3) is 0.581. The van der Waals surface area contributed by atoms with Crippen molar-refractivity contribution in [2.24, 2.45) is 0 Å². The van der Waals surface area contributed by atoms with E-state index >= 15 is 4.39 Å². The highest BCUT2D eigenvalue weighted by molar-refractivity contribution is 5.97. The summed E-state index contributed by atoms with van der Waals surface area (Å²) in [6.45, 7) is 4.89. The summed E-state index contributed by atoms with van der Waals surface area (Å²) in [5.41, 5.74) is 0.493. The number of hydrogen-bond donors (Lipinski definition) is 2. The Bertz CT molecular complexity index is 1720. The van der Waals surface area contributed by atoms with Crippen LogP contribution in [0.25, 0.3) is 22.2 Å². The van der Waals surface area contributed by atoms with Crippen LogP contribution in [0.2, 0.25) is 0 Å². The van der Waals surface area contributed by atoms with Crippen molar-refractivity contribution in [2.45, 2.75) is 82.3 Å². The molecule has 254 valence electrons. The molecule has 3 saturated heterocycles. The summed E-state index contributed by atoms with van der Waals surface area (Å²) in [5, 5.41) is 3.35. The van der Waals surface area contributed by atoms with Crippen LogP contribution in [-0.4, -0.2) is 82.8 Å². The number of piperazine rings is 1. The molecule has 16 heteroatoms. The number of halogens is 7. The molecule has 4 aliphatic heterocycles. The third-order valence-corrected chi connectivity index (χ3v) is 10.1. The number of fused-ring (bicyclic) bond motifs is 3. The average Bonchev–Trinajstić information content (AvgIpc) is 3.55. The monoisotopic (exact) mass is 669 g/mol. The predicted octanol–water partition coefficient (Wildman–Crippen LogP) is 5.47. The number of hydrogen-bond acceptors (Lipinski definition) is 9. The van der Waals surface area contributed by atoms with E-state index in [0.29, 0.717) is 45.1 Å². The Balaban J connectivity index is 1.38. The van der Waals surface area contributed by atoms with Gasteiger partial charge in [-0.2, -0.15) is 23.1 Å². The van der Waals surface area contributed by atoms with Crippen LogP contribution < -0.4 is 25.4 Å². The minimum absolute atomic E-state index is 0.0634. The van der Waals surface area contributed by atoms with Gasteiger partial charge in [-0.1, -0.05) is 0 Å². The van der Waals surface area contributed by atoms with Crippen LogP contribution in [0.4, 0.5) is 42.2 Å². The summed E-state index contributed by atoms with van der Waals surface area (Å²) in [5.74, 6) is -2.41. The van der Waals surface area contributed by atoms with E-state index in [0.717, 1.165) is 19.8 Å². The number of nitrogens with zero attached hydrogens (tertiary/aromatic N) is 5. The molecule has 3 fully saturated rings. The third-order valence-electron chi connectivity index (χ3n) is 10.1. The Morgan fingerprint density at radius 2 is 1.94 bits per heavy atom. The minimum Gasteiger partial charge on any atom is -0.472 e. The number of pyridine rings is 1. The Morgan fingerprint density at radius 1 is 1.15 bits per heavy atom. The molecule has 0 radical (unpaired) electrons. The second-order valence-electron chi connectivity index (χ2n) is 12.9. The Labute approximate surface area is 265 Å². The van der Waals surface area contributed by atoms with Crippen molar-refractivity contribution in [1.82, 2.24) is 25.2 Å². The first-order valence-electron chi connectivity index (χ1n) is 15.7. The van der Waals surface area contributed by atoms with Crippen LogP contribution in [0.15, 0.2) is 6.07 Å². The molecule has 0 unspecified atom stereocenters. The van der Waals surface area contributed by atoms with Gasteiger partial charge in [0.1, 0.15) is 40.9 Å². The van der Waals surface area contributed by atoms with Gasteiger partial charge in [-0.05, 0) is 57.7 Å². The highest BCUT2D eigenvalue weighted by Crippen LogP contribution is 2.47. The number of anilines is 2. The van der Waals surface area contributed by atoms with E-state index in [1.165, 1.54) is 0 Å². The van der Waals surface area contributed by atoms with Gasteiger partial charge in [0, 0.05) is 37.7 Å². The first kappa shape index (κ1) is 31.9. The summed E-state index contributed by atoms with van der Waals surface area (Å²) in [4.78, 5) is 17.3. The summed E-state index contributed by atoms with van der Waals surface area (Å²) in [6.07, 6.45) is -5.57. The van der Waals surface area contributed by atoms with Crippen LogP contribution in [-0.2, 0) is 6.18 Å². The van der Waals surface area contributed by atoms with E-state index < -0.39 is 64.0 Å². The van der Waals surface area contributed by atoms with Gasteiger partial charge < -0.3 is 25.4 Å². The van der Waals surface area contributed by atoms with Crippen molar-refractivity contribution in [3.8, 4) is 23.1 Å². The lowest BCUT2D eigenvalue weighted by molar-refractivity contribution is -0.137. The molecule has 4 atom stereocenters. The van der Waals surface area contributed by atoms with Gasteiger partial charge in [-0.25, -0.2) is 22.5 Å². The van der Waals surface area contributed by atoms with Gasteiger partial charge in [0.2, 0.25) is 12.3 Å². The molecule has 0 spiro atoms. The fourth-order valence-corrected chi connectivity index (χ4v) is 7.94. The summed E-state index contributed by atoms with van der Waals surface area (Å²) >= 11 is 0. The van der Waals surface area contributed by atoms with Crippen LogP contribution >= 0.6 is 0 Å². The molecule has 2 aromatic heterocycles. The molecule has 0 aliphatic carbocycles. The van der Waals surface area contributed by atoms with Gasteiger partial charge in [0.15, 0.2) is 5.82 Å². The van der Waals surface area contributed by atoms with Gasteiger partial charge in [-0.3, -0.25) is 4.90 Å². The lowest BCUT2D eigenvalue weighted by atomic mass is 9.95. The van der Waals surface area contributed by atoms with Crippen LogP contribution in [0.3, 0.4) is 0 Å². The van der Waals surface area contributed by atoms with E-state index in [2.05, 4.69) is 25.2 Å². The molecule has 3 N–H and O–H groups in total. The lowest BCUT2D eigenvalue weighted by Gasteiger charge is -2.38. The summed E-state index contributed by atoms with van der Waals surface area (Å²) in [7, 11) is 0. The van der Waals surface area contributed by atoms with Crippen molar-refractivity contribution in [3.63, 3.8) is 0 Å². The molecular weight excluding hydrogens is 635 g/mol. The third kappa shape index (κ3) is 5.27. The average molecular weight is 670 g/mol. The first-order valence-corrected chi connectivity index (χ1v) is 15.7. The second kappa shape index (κ2) is 11.5. The van der Waals surface area contributed by atoms with Crippen molar-refractivity contribution in [3.05, 3.63) is 28.8 Å². The maximum Gasteiger partial charge on any atom is 0.417 e. The fourth-order valence-electron chi connectivity index (χ4n) is 7.94. The Kier molecular flexibility index (Phi) is 7.81. The van der Waals surface area contributed by atoms with E-state index in [4.69, 9.17) is 15.2 Å². The molecule has 4 aliphatic rings. The van der Waals surface area contributed by atoms with Crippen molar-refractivity contribution in [1.29, 1.82) is 0 Å². The predicted molar refractivity (Wildman–Crippen MR) is 159 cm³/mol. The molecular formula is C31H34F7N7O2. The molecule has 3 aromatic rings. The standard InChI is InChI=1S/C31H34F7N7O2/c1-14-22(31(36,37)38)17(11-18(39)23(14)34)25-24(35)26-21-27(44-9-7-40-12-19(44)15(2)47-28(21)41-25)43-29(42-26)46-13-30-5-3-8-45(30)16(4-6-30)10-20(32)33/h11,15-16,19-20,40H,3-10,12-13,39H2,1-2H3/t15-,16-,19-,30-/m0/s1. The number of alkyl halides is 5. The zero-order valence-corrected chi connectivity index (χ0v) is 25.7. The maximum atomic E-state index is 16.7. The van der Waals surface area contributed by atoms with Gasteiger partial charge in [0.25, 0.3) is 0 Å². The number of rotatable bonds is 6. The zero-order valence-electron chi connectivity index (χ0n) is 25.7. The Morgan fingerprint density at radius 3 is 2.68 bits per heavy atom. The number of aromatic nitrogens is 3. The highest BCUT2D eigenvalue weighted by atomic mass is 19.4. The number of nitrogens with two attached hydrogens (primary N) is 1. The maximum absolute atomic E-state index is 16.7. The van der Waals surface area contributed by atoms with Crippen molar-refractivity contribution < 1.29 is 40.2 Å².